The molecule has 4 aromatic rings. The zero-order valence-electron chi connectivity index (χ0n) is 24.0. The third-order valence-electron chi connectivity index (χ3n) is 5.93. The molecule has 9 nitrogen and oxygen atoms in total. The molecule has 4 rings (SSSR count). The summed E-state index contributed by atoms with van der Waals surface area (Å²) in [6.07, 6.45) is 4.24. The number of aromatic nitrogens is 2. The quantitative estimate of drug-likeness (QED) is 0.0818. The average Bonchev–Trinajstić information content (AvgIpc) is 3.51. The summed E-state index contributed by atoms with van der Waals surface area (Å²) in [5, 5.41) is 3.40. The molecule has 0 spiro atoms. The van der Waals surface area contributed by atoms with E-state index in [4.69, 9.17) is 9.64 Å². The first-order chi connectivity index (χ1) is 19.4. The summed E-state index contributed by atoms with van der Waals surface area (Å²) in [5.74, 6) is -1.26. The predicted octanol–water partition coefficient (Wildman–Crippen LogP) is 9.41. The molecule has 0 aliphatic heterocycles. The van der Waals surface area contributed by atoms with Gasteiger partial charge in [0.25, 0.3) is 0 Å². The molecular weight excluding hydrogens is 677 g/mol. The van der Waals surface area contributed by atoms with E-state index >= 15 is 0 Å². The first-order valence-electron chi connectivity index (χ1n) is 12.8. The van der Waals surface area contributed by atoms with Gasteiger partial charge in [0.1, 0.15) is 12.4 Å². The van der Waals surface area contributed by atoms with Crippen molar-refractivity contribution in [3.05, 3.63) is 73.5 Å². The molecule has 0 bridgehead atoms. The van der Waals surface area contributed by atoms with Crippen molar-refractivity contribution in [2.75, 3.05) is 20.8 Å². The maximum atomic E-state index is 14.0. The minimum atomic E-state index is -0.540. The lowest BCUT2D eigenvalue weighted by Gasteiger charge is -2.10. The van der Waals surface area contributed by atoms with E-state index < -0.39 is 11.8 Å². The maximum absolute atomic E-state index is 14.0. The first-order valence-corrected chi connectivity index (χ1v) is 14.4. The summed E-state index contributed by atoms with van der Waals surface area (Å²) in [7, 11) is 2.68. The van der Waals surface area contributed by atoms with Gasteiger partial charge in [0, 0.05) is 38.8 Å². The van der Waals surface area contributed by atoms with Crippen molar-refractivity contribution in [2.45, 2.75) is 60.5 Å². The number of nitrogens with zero attached hydrogens (tertiary/aromatic N) is 3. The summed E-state index contributed by atoms with van der Waals surface area (Å²) >= 11 is 6.76. The molecule has 0 unspecified atom stereocenters. The number of rotatable bonds is 7. The Morgan fingerprint density at radius 3 is 1.90 bits per heavy atom. The number of ether oxygens (including phenoxy) is 2. The van der Waals surface area contributed by atoms with Gasteiger partial charge in [-0.05, 0) is 64.4 Å². The van der Waals surface area contributed by atoms with Crippen LogP contribution in [-0.2, 0) is 14.3 Å². The Kier molecular flexibility index (Phi) is 14.9. The van der Waals surface area contributed by atoms with Crippen LogP contribution in [0.2, 0.25) is 0 Å². The Morgan fingerprint density at radius 2 is 1.43 bits per heavy atom. The molecule has 0 saturated heterocycles. The van der Waals surface area contributed by atoms with Crippen LogP contribution in [0.25, 0.3) is 21.8 Å². The van der Waals surface area contributed by atoms with Gasteiger partial charge in [0.15, 0.2) is 5.34 Å². The van der Waals surface area contributed by atoms with Crippen molar-refractivity contribution >= 4 is 65.6 Å². The lowest BCUT2D eigenvalue weighted by molar-refractivity contribution is 0.0594. The highest BCUT2D eigenvalue weighted by Gasteiger charge is 2.20. The molecule has 230 valence electrons. The number of hydrogen-bond acceptors (Lipinski definition) is 7. The molecule has 42 heavy (non-hydrogen) atoms. The molecule has 0 amide bonds. The third-order valence-corrected chi connectivity index (χ3v) is 6.84. The van der Waals surface area contributed by atoms with E-state index in [1.165, 1.54) is 20.4 Å². The van der Waals surface area contributed by atoms with Crippen LogP contribution >= 0.6 is 31.9 Å². The Hall–Kier alpha value is -3.25. The van der Waals surface area contributed by atoms with Gasteiger partial charge in [-0.3, -0.25) is 0 Å². The number of methoxy groups -OCH3 is 2. The van der Waals surface area contributed by atoms with Gasteiger partial charge in [0.05, 0.1) is 41.8 Å². The van der Waals surface area contributed by atoms with E-state index in [-0.39, 0.29) is 25.0 Å². The van der Waals surface area contributed by atoms with E-state index in [9.17, 15) is 14.0 Å². The van der Waals surface area contributed by atoms with Crippen molar-refractivity contribution in [1.29, 1.82) is 0 Å². The van der Waals surface area contributed by atoms with Crippen LogP contribution in [0.4, 0.5) is 4.39 Å². The second kappa shape index (κ2) is 17.0. The number of carbonyl (C=O) groups is 2. The predicted molar refractivity (Wildman–Crippen MR) is 171 cm³/mol. The average molecular weight is 715 g/mol. The first kappa shape index (κ1) is 36.8. The molecule has 0 N–H and O–H groups in total. The van der Waals surface area contributed by atoms with E-state index in [2.05, 4.69) is 65.2 Å². The summed E-state index contributed by atoms with van der Waals surface area (Å²) in [6.45, 7) is 10.5. The van der Waals surface area contributed by atoms with Crippen molar-refractivity contribution < 1.29 is 28.3 Å². The minimum Gasteiger partial charge on any atom is -0.465 e. The molecule has 2 aromatic carbocycles. The molecule has 0 fully saturated rings. The number of esters is 2. The molecule has 0 aliphatic carbocycles. The van der Waals surface area contributed by atoms with Gasteiger partial charge < -0.3 is 23.4 Å². The van der Waals surface area contributed by atoms with Gasteiger partial charge >= 0.3 is 11.9 Å². The number of hydrogen-bond donors (Lipinski definition) is 0. The third kappa shape index (κ3) is 8.87. The number of halogens is 3. The van der Waals surface area contributed by atoms with Crippen molar-refractivity contribution in [3.8, 4) is 0 Å². The summed E-state index contributed by atoms with van der Waals surface area (Å²) < 4.78 is 29.0. The largest absolute Gasteiger partial charge is 0.465 e. The van der Waals surface area contributed by atoms with Crippen LogP contribution in [0.3, 0.4) is 0 Å². The Morgan fingerprint density at radius 1 is 0.905 bits per heavy atom. The standard InChI is InChI=1S/C13H13BrFNO2.C13H14BrNO2.C3H7NO2.CH4/c1-7(2)16-6-10(15)12-9(13(17)18-3)4-8(14)5-11(12)16;1-8(2)15-5-4-10-11(13(16)17-3)6-9(14)7-12(10)15;1-2-3-6-4-5;/h4-7H,1-3H3;4-8H,1-3H3;2-3H2,1H3;1H4. The van der Waals surface area contributed by atoms with Crippen molar-refractivity contribution in [3.63, 3.8) is 0 Å². The fourth-order valence-electron chi connectivity index (χ4n) is 4.09. The Labute approximate surface area is 262 Å². The zero-order valence-corrected chi connectivity index (χ0v) is 27.2. The van der Waals surface area contributed by atoms with Gasteiger partial charge in [-0.25, -0.2) is 14.0 Å². The molecule has 2 heterocycles. The normalized spacial score (nSPS) is 10.4. The summed E-state index contributed by atoms with van der Waals surface area (Å²) in [4.78, 5) is 36.5. The van der Waals surface area contributed by atoms with Crippen molar-refractivity contribution in [2.24, 2.45) is 5.34 Å². The second-order valence-corrected chi connectivity index (χ2v) is 11.3. The molecular formula is C30H38Br2FN3O6. The molecule has 0 saturated carbocycles. The van der Waals surface area contributed by atoms with Crippen LogP contribution in [0.5, 0.6) is 0 Å². The van der Waals surface area contributed by atoms with E-state index in [1.54, 1.807) is 22.8 Å². The molecule has 2 aromatic heterocycles. The van der Waals surface area contributed by atoms with Crippen molar-refractivity contribution in [1.82, 2.24) is 9.13 Å². The number of fused-ring (bicyclic) bond motifs is 2. The molecule has 0 aliphatic rings. The Balaban J connectivity index is 0.000000347. The summed E-state index contributed by atoms with van der Waals surface area (Å²) in [6, 6.07) is 9.59. The topological polar surface area (TPSA) is 101 Å². The Bertz CT molecular complexity index is 1510. The van der Waals surface area contributed by atoms with Crippen LogP contribution in [0, 0.1) is 10.7 Å². The van der Waals surface area contributed by atoms with Crippen LogP contribution in [0.15, 0.2) is 57.0 Å². The zero-order chi connectivity index (χ0) is 30.9. The minimum absolute atomic E-state index is 0. The van der Waals surface area contributed by atoms with E-state index in [0.717, 1.165) is 26.3 Å². The lowest BCUT2D eigenvalue weighted by Crippen LogP contribution is -2.03. The highest BCUT2D eigenvalue weighted by Crippen LogP contribution is 2.31. The fraction of sp³-hybridized carbons (Fsp3) is 0.400. The van der Waals surface area contributed by atoms with Crippen LogP contribution in [0.1, 0.15) is 81.3 Å². The van der Waals surface area contributed by atoms with E-state index in [0.29, 0.717) is 29.1 Å². The molecule has 0 atom stereocenters. The monoisotopic (exact) mass is 713 g/mol. The lowest BCUT2D eigenvalue weighted by atomic mass is 10.1. The number of carbonyl (C=O) groups excluding carboxylic acids is 2. The van der Waals surface area contributed by atoms with Gasteiger partial charge in [0.2, 0.25) is 0 Å². The fourth-order valence-corrected chi connectivity index (χ4v) is 4.98. The van der Waals surface area contributed by atoms with Gasteiger partial charge in [-0.1, -0.05) is 46.2 Å². The second-order valence-electron chi connectivity index (χ2n) is 9.42. The highest BCUT2D eigenvalue weighted by molar-refractivity contribution is 9.10. The van der Waals surface area contributed by atoms with Gasteiger partial charge in [-0.2, -0.15) is 0 Å². The number of benzene rings is 2. The molecule has 12 heteroatoms. The SMILES string of the molecule is C.CCCON=O.COC(=O)c1cc(Br)cc2c1c(F)cn2C(C)C.COC(=O)c1cc(Br)cc2c1ccn2C(C)C. The highest BCUT2D eigenvalue weighted by atomic mass is 79.9. The van der Waals surface area contributed by atoms with Crippen LogP contribution < -0.4 is 0 Å². The van der Waals surface area contributed by atoms with Crippen LogP contribution in [-0.4, -0.2) is 41.9 Å². The summed E-state index contributed by atoms with van der Waals surface area (Å²) in [5.41, 5.74) is 2.54. The molecule has 0 radical (unpaired) electrons. The maximum Gasteiger partial charge on any atom is 0.338 e. The van der Waals surface area contributed by atoms with Gasteiger partial charge in [-0.15, -0.1) is 4.91 Å². The van der Waals surface area contributed by atoms with E-state index in [1.807, 2.05) is 39.1 Å². The smallest absolute Gasteiger partial charge is 0.338 e.